The largest absolute Gasteiger partial charge is 0.369 e. The van der Waals surface area contributed by atoms with E-state index in [0.717, 1.165) is 25.9 Å². The van der Waals surface area contributed by atoms with E-state index in [1.165, 1.54) is 0 Å². The number of anilines is 1. The second kappa shape index (κ2) is 7.65. The second-order valence-electron chi connectivity index (χ2n) is 4.97. The first-order valence-electron chi connectivity index (χ1n) is 6.95. The highest BCUT2D eigenvalue weighted by molar-refractivity contribution is 5.91. The fraction of sp³-hybridized carbons (Fsp3) is 0.538. The molecule has 1 aromatic rings. The lowest BCUT2D eigenvalue weighted by Gasteiger charge is -2.33. The molecule has 114 valence electrons. The first-order chi connectivity index (χ1) is 10.1. The van der Waals surface area contributed by atoms with Crippen LogP contribution in [0.2, 0.25) is 0 Å². The predicted octanol–water partition coefficient (Wildman–Crippen LogP) is -1.05. The van der Waals surface area contributed by atoms with Crippen LogP contribution in [0.1, 0.15) is 12.8 Å². The summed E-state index contributed by atoms with van der Waals surface area (Å²) in [6.45, 7) is 1.94. The molecule has 8 heteroatoms. The van der Waals surface area contributed by atoms with E-state index in [4.69, 9.17) is 5.73 Å². The standard InChI is InChI=1S/C13H20N6O2/c14-11(20)8-19(10-2-6-15-7-3-10)9-12(21)18-13-16-4-1-5-17-13/h1,4-5,10,15H,2-3,6-9H2,(H2,14,20)(H,16,17,18,21). The van der Waals surface area contributed by atoms with E-state index in [9.17, 15) is 9.59 Å². The topological polar surface area (TPSA) is 113 Å². The molecule has 8 nitrogen and oxygen atoms in total. The summed E-state index contributed by atoms with van der Waals surface area (Å²) >= 11 is 0. The van der Waals surface area contributed by atoms with Gasteiger partial charge in [-0.25, -0.2) is 9.97 Å². The van der Waals surface area contributed by atoms with Crippen LogP contribution in [-0.4, -0.2) is 58.9 Å². The Morgan fingerprint density at radius 1 is 1.29 bits per heavy atom. The summed E-state index contributed by atoms with van der Waals surface area (Å²) in [5.41, 5.74) is 5.28. The number of aromatic nitrogens is 2. The molecule has 0 aliphatic carbocycles. The number of nitrogens with one attached hydrogen (secondary N) is 2. The van der Waals surface area contributed by atoms with Crippen LogP contribution in [0.5, 0.6) is 0 Å². The molecule has 0 bridgehead atoms. The molecule has 0 radical (unpaired) electrons. The summed E-state index contributed by atoms with van der Waals surface area (Å²) in [4.78, 5) is 32.9. The van der Waals surface area contributed by atoms with Crippen molar-refractivity contribution in [1.82, 2.24) is 20.2 Å². The first-order valence-corrected chi connectivity index (χ1v) is 6.95. The molecule has 1 saturated heterocycles. The highest BCUT2D eigenvalue weighted by Gasteiger charge is 2.24. The molecule has 1 fully saturated rings. The van der Waals surface area contributed by atoms with Crippen LogP contribution in [0, 0.1) is 0 Å². The fourth-order valence-corrected chi connectivity index (χ4v) is 2.40. The normalized spacial score (nSPS) is 15.9. The number of nitrogens with zero attached hydrogens (tertiary/aromatic N) is 3. The van der Waals surface area contributed by atoms with E-state index < -0.39 is 5.91 Å². The van der Waals surface area contributed by atoms with Crippen LogP contribution in [0.15, 0.2) is 18.5 Å². The van der Waals surface area contributed by atoms with Crippen molar-refractivity contribution in [2.45, 2.75) is 18.9 Å². The van der Waals surface area contributed by atoms with E-state index in [2.05, 4.69) is 20.6 Å². The summed E-state index contributed by atoms with van der Waals surface area (Å²) in [7, 11) is 0. The third-order valence-electron chi connectivity index (χ3n) is 3.35. The quantitative estimate of drug-likeness (QED) is 0.617. The summed E-state index contributed by atoms with van der Waals surface area (Å²) in [5, 5.41) is 5.87. The summed E-state index contributed by atoms with van der Waals surface area (Å²) < 4.78 is 0. The Morgan fingerprint density at radius 3 is 2.57 bits per heavy atom. The smallest absolute Gasteiger partial charge is 0.240 e. The van der Waals surface area contributed by atoms with Crippen LogP contribution in [0.25, 0.3) is 0 Å². The molecule has 4 N–H and O–H groups in total. The van der Waals surface area contributed by atoms with Gasteiger partial charge in [0.15, 0.2) is 0 Å². The number of rotatable bonds is 6. The maximum absolute atomic E-state index is 12.0. The minimum atomic E-state index is -0.433. The third-order valence-corrected chi connectivity index (χ3v) is 3.35. The van der Waals surface area contributed by atoms with Crippen molar-refractivity contribution in [2.75, 3.05) is 31.5 Å². The molecule has 1 aliphatic rings. The molecule has 0 atom stereocenters. The molecule has 2 heterocycles. The number of hydrogen-bond donors (Lipinski definition) is 3. The summed E-state index contributed by atoms with van der Waals surface area (Å²) in [5.74, 6) is -0.426. The van der Waals surface area contributed by atoms with E-state index in [-0.39, 0.29) is 31.0 Å². The third kappa shape index (κ3) is 5.09. The highest BCUT2D eigenvalue weighted by atomic mass is 16.2. The van der Waals surface area contributed by atoms with Crippen molar-refractivity contribution in [2.24, 2.45) is 5.73 Å². The lowest BCUT2D eigenvalue weighted by Crippen LogP contribution is -2.49. The second-order valence-corrected chi connectivity index (χ2v) is 4.97. The van der Waals surface area contributed by atoms with Gasteiger partial charge in [0.2, 0.25) is 17.8 Å². The van der Waals surface area contributed by atoms with Crippen LogP contribution in [-0.2, 0) is 9.59 Å². The Labute approximate surface area is 123 Å². The number of carbonyl (C=O) groups is 2. The molecule has 2 rings (SSSR count). The van der Waals surface area contributed by atoms with Crippen molar-refractivity contribution in [3.63, 3.8) is 0 Å². The van der Waals surface area contributed by atoms with Gasteiger partial charge in [0.25, 0.3) is 0 Å². The Kier molecular flexibility index (Phi) is 5.59. The Bertz CT molecular complexity index is 475. The zero-order chi connectivity index (χ0) is 15.1. The minimum absolute atomic E-state index is 0.0771. The molecular formula is C13H20N6O2. The predicted molar refractivity (Wildman–Crippen MR) is 77.3 cm³/mol. The molecule has 0 saturated carbocycles. The maximum Gasteiger partial charge on any atom is 0.240 e. The average Bonchev–Trinajstić information content (AvgIpc) is 2.48. The van der Waals surface area contributed by atoms with Gasteiger partial charge in [-0.2, -0.15) is 0 Å². The molecule has 0 unspecified atom stereocenters. The molecular weight excluding hydrogens is 272 g/mol. The lowest BCUT2D eigenvalue weighted by molar-refractivity contribution is -0.122. The van der Waals surface area contributed by atoms with Crippen LogP contribution in [0.3, 0.4) is 0 Å². The van der Waals surface area contributed by atoms with Gasteiger partial charge in [0.05, 0.1) is 13.1 Å². The number of primary amides is 1. The minimum Gasteiger partial charge on any atom is -0.369 e. The molecule has 2 amide bonds. The number of hydrogen-bond acceptors (Lipinski definition) is 6. The van der Waals surface area contributed by atoms with Gasteiger partial charge in [-0.1, -0.05) is 0 Å². The lowest BCUT2D eigenvalue weighted by atomic mass is 10.0. The highest BCUT2D eigenvalue weighted by Crippen LogP contribution is 2.11. The number of carbonyl (C=O) groups excluding carboxylic acids is 2. The van der Waals surface area contributed by atoms with Gasteiger partial charge < -0.3 is 11.1 Å². The van der Waals surface area contributed by atoms with Crippen LogP contribution in [0.4, 0.5) is 5.95 Å². The van der Waals surface area contributed by atoms with Crippen LogP contribution < -0.4 is 16.4 Å². The maximum atomic E-state index is 12.0. The summed E-state index contributed by atoms with van der Waals surface area (Å²) in [6.07, 6.45) is 4.89. The number of amides is 2. The molecule has 0 spiro atoms. The van der Waals surface area contributed by atoms with Crippen LogP contribution >= 0.6 is 0 Å². The average molecular weight is 292 g/mol. The molecule has 21 heavy (non-hydrogen) atoms. The van der Waals surface area contributed by atoms with E-state index in [0.29, 0.717) is 0 Å². The van der Waals surface area contributed by atoms with Crippen molar-refractivity contribution in [1.29, 1.82) is 0 Å². The molecule has 1 aromatic heterocycles. The van der Waals surface area contributed by atoms with Gasteiger partial charge in [-0.3, -0.25) is 19.8 Å². The van der Waals surface area contributed by atoms with Crippen molar-refractivity contribution in [3.8, 4) is 0 Å². The Hall–Kier alpha value is -2.06. The number of nitrogens with two attached hydrogens (primary N) is 1. The summed E-state index contributed by atoms with van der Waals surface area (Å²) in [6, 6.07) is 1.85. The van der Waals surface area contributed by atoms with Gasteiger partial charge in [-0.05, 0) is 32.0 Å². The Balaban J connectivity index is 1.93. The van der Waals surface area contributed by atoms with Crippen molar-refractivity contribution < 1.29 is 9.59 Å². The fourth-order valence-electron chi connectivity index (χ4n) is 2.40. The van der Waals surface area contributed by atoms with E-state index in [1.807, 2.05) is 4.90 Å². The van der Waals surface area contributed by atoms with E-state index >= 15 is 0 Å². The first kappa shape index (κ1) is 15.3. The van der Waals surface area contributed by atoms with E-state index in [1.54, 1.807) is 18.5 Å². The van der Waals surface area contributed by atoms with Crippen molar-refractivity contribution in [3.05, 3.63) is 18.5 Å². The van der Waals surface area contributed by atoms with Gasteiger partial charge in [-0.15, -0.1) is 0 Å². The van der Waals surface area contributed by atoms with Gasteiger partial charge >= 0.3 is 0 Å². The van der Waals surface area contributed by atoms with Gasteiger partial charge in [0.1, 0.15) is 0 Å². The molecule has 1 aliphatic heterocycles. The molecule has 0 aromatic carbocycles. The zero-order valence-corrected chi connectivity index (χ0v) is 11.8. The Morgan fingerprint density at radius 2 is 1.95 bits per heavy atom. The zero-order valence-electron chi connectivity index (χ0n) is 11.8. The van der Waals surface area contributed by atoms with Crippen molar-refractivity contribution >= 4 is 17.8 Å². The number of piperidine rings is 1. The SMILES string of the molecule is NC(=O)CN(CC(=O)Nc1ncccn1)C1CCNCC1. The monoisotopic (exact) mass is 292 g/mol. The van der Waals surface area contributed by atoms with Gasteiger partial charge in [0, 0.05) is 18.4 Å².